The number of esters is 1. The van der Waals surface area contributed by atoms with Gasteiger partial charge in [-0.15, -0.1) is 0 Å². The van der Waals surface area contributed by atoms with Crippen molar-refractivity contribution in [3.63, 3.8) is 0 Å². The van der Waals surface area contributed by atoms with Crippen molar-refractivity contribution in [2.45, 2.75) is 13.3 Å². The molecule has 8 heteroatoms. The van der Waals surface area contributed by atoms with E-state index in [0.717, 1.165) is 14.9 Å². The van der Waals surface area contributed by atoms with Crippen LogP contribution in [0.5, 0.6) is 0 Å². The van der Waals surface area contributed by atoms with E-state index in [1.165, 1.54) is 0 Å². The number of carbonyl (C=O) groups excluding carboxylic acids is 3. The summed E-state index contributed by atoms with van der Waals surface area (Å²) in [7, 11) is 0. The van der Waals surface area contributed by atoms with Crippen LogP contribution in [0, 0.1) is 3.57 Å². The van der Waals surface area contributed by atoms with E-state index >= 15 is 0 Å². The van der Waals surface area contributed by atoms with Crippen molar-refractivity contribution in [2.75, 3.05) is 16.8 Å². The van der Waals surface area contributed by atoms with Crippen molar-refractivity contribution in [1.29, 1.82) is 0 Å². The Balaban J connectivity index is 1.76. The summed E-state index contributed by atoms with van der Waals surface area (Å²) in [5.41, 5.74) is 1.35. The lowest BCUT2D eigenvalue weighted by atomic mass is 10.2. The number of amides is 2. The van der Waals surface area contributed by atoms with Crippen molar-refractivity contribution in [2.24, 2.45) is 0 Å². The Kier molecular flexibility index (Phi) is 6.35. The third-order valence-corrected chi connectivity index (χ3v) is 5.01. The maximum atomic E-state index is 12.7. The quantitative estimate of drug-likeness (QED) is 0.356. The van der Waals surface area contributed by atoms with Gasteiger partial charge in [0.1, 0.15) is 10.7 Å². The monoisotopic (exact) mass is 510 g/mol. The molecule has 0 saturated heterocycles. The van der Waals surface area contributed by atoms with Crippen LogP contribution in [0.25, 0.3) is 0 Å². The smallest absolute Gasteiger partial charge is 0.338 e. The third kappa shape index (κ3) is 4.20. The Morgan fingerprint density at radius 1 is 1.07 bits per heavy atom. The fourth-order valence-corrected chi connectivity index (χ4v) is 3.12. The zero-order valence-electron chi connectivity index (χ0n) is 14.9. The summed E-state index contributed by atoms with van der Waals surface area (Å²) in [6, 6.07) is 13.3. The van der Waals surface area contributed by atoms with Gasteiger partial charge in [0, 0.05) is 9.26 Å². The molecule has 0 aliphatic carbocycles. The first-order chi connectivity index (χ1) is 13.4. The van der Waals surface area contributed by atoms with Gasteiger partial charge in [0.15, 0.2) is 0 Å². The molecule has 2 aromatic rings. The van der Waals surface area contributed by atoms with Crippen LogP contribution in [0.2, 0.25) is 0 Å². The largest absolute Gasteiger partial charge is 0.462 e. The van der Waals surface area contributed by atoms with Crippen molar-refractivity contribution in [3.8, 4) is 0 Å². The molecule has 0 saturated carbocycles. The van der Waals surface area contributed by atoms with Gasteiger partial charge in [-0.2, -0.15) is 0 Å². The normalized spacial score (nSPS) is 13.9. The first-order valence-electron chi connectivity index (χ1n) is 8.50. The van der Waals surface area contributed by atoms with Gasteiger partial charge in [0.05, 0.1) is 17.9 Å². The number of halogens is 2. The molecule has 1 N–H and O–H groups in total. The molecule has 3 rings (SSSR count). The Hall–Kier alpha value is -2.39. The van der Waals surface area contributed by atoms with E-state index in [9.17, 15) is 14.4 Å². The first kappa shape index (κ1) is 20.3. The minimum Gasteiger partial charge on any atom is -0.462 e. The van der Waals surface area contributed by atoms with E-state index in [-0.39, 0.29) is 10.7 Å². The molecule has 1 aliphatic rings. The highest BCUT2D eigenvalue weighted by molar-refractivity contribution is 14.1. The molecule has 2 amide bonds. The van der Waals surface area contributed by atoms with Crippen LogP contribution < -0.4 is 10.2 Å². The Morgan fingerprint density at radius 3 is 2.32 bits per heavy atom. The van der Waals surface area contributed by atoms with Crippen molar-refractivity contribution < 1.29 is 19.1 Å². The molecule has 0 radical (unpaired) electrons. The first-order valence-corrected chi connectivity index (χ1v) is 9.96. The van der Waals surface area contributed by atoms with Gasteiger partial charge in [-0.1, -0.05) is 18.5 Å². The van der Waals surface area contributed by atoms with Crippen LogP contribution in [0.3, 0.4) is 0 Å². The van der Waals surface area contributed by atoms with E-state index in [1.807, 2.05) is 6.92 Å². The second kappa shape index (κ2) is 8.74. The number of hydrogen-bond donors (Lipinski definition) is 1. The van der Waals surface area contributed by atoms with Crippen molar-refractivity contribution in [3.05, 3.63) is 68.4 Å². The standard InChI is InChI=1S/C20H16ClIN2O4/c1-2-11-28-20(27)12-3-7-14(8-4-12)23-17-16(21)18(25)24(19(17)26)15-9-5-13(22)6-10-15/h3-10,23H,2,11H2,1H3. The number of hydrogen-bond acceptors (Lipinski definition) is 5. The number of nitrogens with one attached hydrogen (secondary N) is 1. The van der Waals surface area contributed by atoms with Gasteiger partial charge in [-0.3, -0.25) is 9.59 Å². The highest BCUT2D eigenvalue weighted by Crippen LogP contribution is 2.30. The lowest BCUT2D eigenvalue weighted by Gasteiger charge is -2.15. The molecule has 0 bridgehead atoms. The molecule has 0 spiro atoms. The number of nitrogens with zero attached hydrogens (tertiary/aromatic N) is 1. The molecule has 144 valence electrons. The van der Waals surface area contributed by atoms with Crippen LogP contribution >= 0.6 is 34.2 Å². The molecule has 28 heavy (non-hydrogen) atoms. The van der Waals surface area contributed by atoms with E-state index < -0.39 is 17.8 Å². The molecule has 0 aromatic heterocycles. The fourth-order valence-electron chi connectivity index (χ4n) is 2.55. The predicted octanol–water partition coefficient (Wildman–Crippen LogP) is 4.29. The van der Waals surface area contributed by atoms with Gasteiger partial charge < -0.3 is 10.1 Å². The molecule has 0 fully saturated rings. The Morgan fingerprint density at radius 2 is 1.71 bits per heavy atom. The van der Waals surface area contributed by atoms with Crippen LogP contribution in [0.15, 0.2) is 59.3 Å². The van der Waals surface area contributed by atoms with Gasteiger partial charge >= 0.3 is 5.97 Å². The summed E-state index contributed by atoms with van der Waals surface area (Å²) >= 11 is 8.26. The zero-order valence-corrected chi connectivity index (χ0v) is 17.8. The maximum absolute atomic E-state index is 12.7. The SMILES string of the molecule is CCCOC(=O)c1ccc(NC2=C(Cl)C(=O)N(c3ccc(I)cc3)C2=O)cc1. The minimum absolute atomic E-state index is 0.00785. The summed E-state index contributed by atoms with van der Waals surface area (Å²) < 4.78 is 6.06. The predicted molar refractivity (Wildman–Crippen MR) is 115 cm³/mol. The van der Waals surface area contributed by atoms with Crippen LogP contribution in [-0.2, 0) is 14.3 Å². The number of carbonyl (C=O) groups is 3. The molecule has 1 aliphatic heterocycles. The average Bonchev–Trinajstić information content (AvgIpc) is 2.91. The minimum atomic E-state index is -0.588. The second-order valence-corrected chi connectivity index (χ2v) is 7.57. The summed E-state index contributed by atoms with van der Waals surface area (Å²) in [6.45, 7) is 2.27. The number of ether oxygens (including phenoxy) is 1. The van der Waals surface area contributed by atoms with E-state index in [1.54, 1.807) is 48.5 Å². The number of benzene rings is 2. The summed E-state index contributed by atoms with van der Waals surface area (Å²) in [5.74, 6) is -1.54. The Bertz CT molecular complexity index is 955. The fraction of sp³-hybridized carbons (Fsp3) is 0.150. The second-order valence-electron chi connectivity index (χ2n) is 5.95. The van der Waals surface area contributed by atoms with Crippen molar-refractivity contribution in [1.82, 2.24) is 0 Å². The highest BCUT2D eigenvalue weighted by Gasteiger charge is 2.38. The van der Waals surface area contributed by atoms with E-state index in [4.69, 9.17) is 16.3 Å². The van der Waals surface area contributed by atoms with Gasteiger partial charge in [0.2, 0.25) is 0 Å². The van der Waals surface area contributed by atoms with Gasteiger partial charge in [0.25, 0.3) is 11.8 Å². The lowest BCUT2D eigenvalue weighted by Crippen LogP contribution is -2.32. The molecule has 2 aromatic carbocycles. The third-order valence-electron chi connectivity index (χ3n) is 3.94. The van der Waals surface area contributed by atoms with Crippen molar-refractivity contribution >= 4 is 63.4 Å². The molecular weight excluding hydrogens is 495 g/mol. The molecule has 0 unspecified atom stereocenters. The number of anilines is 2. The molecule has 1 heterocycles. The Labute approximate surface area is 180 Å². The topological polar surface area (TPSA) is 75.7 Å². The summed E-state index contributed by atoms with van der Waals surface area (Å²) in [5, 5.41) is 2.69. The summed E-state index contributed by atoms with van der Waals surface area (Å²) in [6.07, 6.45) is 0.741. The molecule has 0 atom stereocenters. The van der Waals surface area contributed by atoms with Crippen LogP contribution in [0.1, 0.15) is 23.7 Å². The average molecular weight is 511 g/mol. The van der Waals surface area contributed by atoms with E-state index in [2.05, 4.69) is 27.9 Å². The van der Waals surface area contributed by atoms with Gasteiger partial charge in [-0.25, -0.2) is 9.69 Å². The van der Waals surface area contributed by atoms with Gasteiger partial charge in [-0.05, 0) is 77.5 Å². The lowest BCUT2D eigenvalue weighted by molar-refractivity contribution is -0.120. The molecule has 6 nitrogen and oxygen atoms in total. The number of rotatable bonds is 6. The molecular formula is C20H16ClIN2O4. The highest BCUT2D eigenvalue weighted by atomic mass is 127. The summed E-state index contributed by atoms with van der Waals surface area (Å²) in [4.78, 5) is 38.1. The van der Waals surface area contributed by atoms with Crippen LogP contribution in [-0.4, -0.2) is 24.4 Å². The zero-order chi connectivity index (χ0) is 20.3. The van der Waals surface area contributed by atoms with Crippen LogP contribution in [0.4, 0.5) is 11.4 Å². The van der Waals surface area contributed by atoms with E-state index in [0.29, 0.717) is 23.5 Å². The maximum Gasteiger partial charge on any atom is 0.338 e. The number of imide groups is 1.